The number of nitrogens with zero attached hydrogens (tertiary/aromatic N) is 3. The van der Waals surface area contributed by atoms with Gasteiger partial charge in [0.05, 0.1) is 5.75 Å². The minimum Gasteiger partial charge on any atom is -0.359 e. The van der Waals surface area contributed by atoms with Crippen LogP contribution in [0.15, 0.2) is 10.9 Å². The Morgan fingerprint density at radius 1 is 1.45 bits per heavy atom. The zero-order valence-corrected chi connectivity index (χ0v) is 14.1. The Hall–Kier alpha value is -1.48. The third-order valence-electron chi connectivity index (χ3n) is 3.80. The first-order valence-electron chi connectivity index (χ1n) is 7.12. The van der Waals surface area contributed by atoms with Crippen LogP contribution in [0.2, 0.25) is 0 Å². The molecule has 0 atom stereocenters. The van der Waals surface area contributed by atoms with Crippen LogP contribution in [0.25, 0.3) is 4.96 Å². The minimum absolute atomic E-state index is 0.182. The summed E-state index contributed by atoms with van der Waals surface area (Å²) in [4.78, 5) is 16.9. The van der Waals surface area contributed by atoms with Crippen LogP contribution in [0.3, 0.4) is 0 Å². The number of hydrogen-bond donors (Lipinski definition) is 1. The van der Waals surface area contributed by atoms with E-state index in [0.29, 0.717) is 23.1 Å². The van der Waals surface area contributed by atoms with Crippen molar-refractivity contribution in [2.75, 3.05) is 23.9 Å². The molecule has 0 spiro atoms. The molecular formula is C13H18N4O3S2. The van der Waals surface area contributed by atoms with Gasteiger partial charge in [-0.15, -0.1) is 5.10 Å². The van der Waals surface area contributed by atoms with E-state index in [1.165, 1.54) is 28.2 Å². The molecule has 2 heterocycles. The highest BCUT2D eigenvalue weighted by molar-refractivity contribution is 7.90. The number of anilines is 1. The van der Waals surface area contributed by atoms with Gasteiger partial charge in [-0.05, 0) is 19.3 Å². The Balaban J connectivity index is 1.78. The van der Waals surface area contributed by atoms with Crippen molar-refractivity contribution in [2.24, 2.45) is 5.41 Å². The van der Waals surface area contributed by atoms with Crippen molar-refractivity contribution in [3.63, 3.8) is 0 Å². The molecule has 1 aliphatic rings. The predicted octanol–water partition coefficient (Wildman–Crippen LogP) is 0.950. The molecule has 120 valence electrons. The molecular weight excluding hydrogens is 324 g/mol. The average Bonchev–Trinajstić information content (AvgIpc) is 3.03. The summed E-state index contributed by atoms with van der Waals surface area (Å²) in [5, 5.41) is 7.98. The summed E-state index contributed by atoms with van der Waals surface area (Å²) in [7, 11) is -2.99. The summed E-state index contributed by atoms with van der Waals surface area (Å²) >= 11 is 1.31. The maximum atomic E-state index is 11.9. The molecule has 1 aliphatic carbocycles. The number of rotatable bonds is 6. The number of aryl methyl sites for hydroxylation is 1. The van der Waals surface area contributed by atoms with E-state index in [1.54, 1.807) is 0 Å². The Labute approximate surface area is 132 Å². The van der Waals surface area contributed by atoms with Gasteiger partial charge in [0.2, 0.25) is 10.1 Å². The highest BCUT2D eigenvalue weighted by Crippen LogP contribution is 2.46. The summed E-state index contributed by atoms with van der Waals surface area (Å²) in [5.41, 5.74) is 0.373. The molecule has 0 aromatic carbocycles. The van der Waals surface area contributed by atoms with Crippen LogP contribution < -0.4 is 10.9 Å². The number of fused-ring (bicyclic) bond motifs is 1. The predicted molar refractivity (Wildman–Crippen MR) is 86.4 cm³/mol. The highest BCUT2D eigenvalue weighted by atomic mass is 32.2. The van der Waals surface area contributed by atoms with Crippen molar-refractivity contribution in [3.8, 4) is 0 Å². The van der Waals surface area contributed by atoms with Crippen molar-refractivity contribution < 1.29 is 8.42 Å². The molecule has 1 N–H and O–H groups in total. The Morgan fingerprint density at radius 2 is 2.18 bits per heavy atom. The van der Waals surface area contributed by atoms with Crippen molar-refractivity contribution >= 4 is 31.3 Å². The lowest BCUT2D eigenvalue weighted by Gasteiger charge is -2.13. The Morgan fingerprint density at radius 3 is 2.77 bits per heavy atom. The van der Waals surface area contributed by atoms with Gasteiger partial charge in [-0.3, -0.25) is 4.79 Å². The summed E-state index contributed by atoms with van der Waals surface area (Å²) in [6.45, 7) is 2.50. The SMILES string of the molecule is CCc1cc(=O)n2nc(NCC3(CS(C)(=O)=O)CC3)sc2n1. The molecule has 2 aromatic heterocycles. The zero-order chi connectivity index (χ0) is 16.0. The van der Waals surface area contributed by atoms with Crippen LogP contribution >= 0.6 is 11.3 Å². The maximum Gasteiger partial charge on any atom is 0.275 e. The molecule has 0 radical (unpaired) electrons. The lowest BCUT2D eigenvalue weighted by molar-refractivity contribution is 0.560. The fourth-order valence-corrected chi connectivity index (χ4v) is 4.80. The van der Waals surface area contributed by atoms with Crippen LogP contribution in [0.4, 0.5) is 5.13 Å². The number of nitrogens with one attached hydrogen (secondary N) is 1. The van der Waals surface area contributed by atoms with Gasteiger partial charge in [-0.1, -0.05) is 18.3 Å². The van der Waals surface area contributed by atoms with E-state index in [9.17, 15) is 13.2 Å². The van der Waals surface area contributed by atoms with Crippen molar-refractivity contribution in [1.29, 1.82) is 0 Å². The zero-order valence-electron chi connectivity index (χ0n) is 12.5. The van der Waals surface area contributed by atoms with Crippen LogP contribution in [0.1, 0.15) is 25.5 Å². The molecule has 22 heavy (non-hydrogen) atoms. The molecule has 0 saturated heterocycles. The molecule has 0 amide bonds. The molecule has 0 unspecified atom stereocenters. The summed E-state index contributed by atoms with van der Waals surface area (Å²) in [6, 6.07) is 1.49. The van der Waals surface area contributed by atoms with E-state index >= 15 is 0 Å². The molecule has 0 bridgehead atoms. The molecule has 3 rings (SSSR count). The third kappa shape index (κ3) is 3.30. The monoisotopic (exact) mass is 342 g/mol. The van der Waals surface area contributed by atoms with Gasteiger partial charge in [0.1, 0.15) is 9.84 Å². The molecule has 2 aromatic rings. The lowest BCUT2D eigenvalue weighted by atomic mass is 10.1. The fourth-order valence-electron chi connectivity index (χ4n) is 2.48. The minimum atomic E-state index is -2.99. The van der Waals surface area contributed by atoms with Crippen LogP contribution in [0.5, 0.6) is 0 Å². The standard InChI is InChI=1S/C13H18N4O3S2/c1-3-9-6-10(18)17-12(15-9)21-11(16-17)14-7-13(4-5-13)8-22(2,19)20/h6H,3-5,7-8H2,1-2H3,(H,14,16). The van der Waals surface area contributed by atoms with Gasteiger partial charge in [0.25, 0.3) is 5.56 Å². The largest absolute Gasteiger partial charge is 0.359 e. The van der Waals surface area contributed by atoms with Gasteiger partial charge in [-0.2, -0.15) is 4.52 Å². The van der Waals surface area contributed by atoms with Crippen molar-refractivity contribution in [2.45, 2.75) is 26.2 Å². The maximum absolute atomic E-state index is 11.9. The normalized spacial score (nSPS) is 16.8. The summed E-state index contributed by atoms with van der Waals surface area (Å²) in [6.07, 6.45) is 3.76. The van der Waals surface area contributed by atoms with E-state index in [0.717, 1.165) is 18.5 Å². The third-order valence-corrected chi connectivity index (χ3v) is 5.80. The summed E-state index contributed by atoms with van der Waals surface area (Å²) in [5.74, 6) is 0.191. The molecule has 7 nitrogen and oxygen atoms in total. The number of sulfone groups is 1. The van der Waals surface area contributed by atoms with Gasteiger partial charge < -0.3 is 5.32 Å². The second-order valence-electron chi connectivity index (χ2n) is 5.96. The Bertz CT molecular complexity index is 865. The highest BCUT2D eigenvalue weighted by Gasteiger charge is 2.45. The molecule has 1 saturated carbocycles. The average molecular weight is 342 g/mol. The van der Waals surface area contributed by atoms with Crippen molar-refractivity contribution in [3.05, 3.63) is 22.1 Å². The fraction of sp³-hybridized carbons (Fsp3) is 0.615. The number of aromatic nitrogens is 3. The van der Waals surface area contributed by atoms with Crippen molar-refractivity contribution in [1.82, 2.24) is 14.6 Å². The topological polar surface area (TPSA) is 93.4 Å². The lowest BCUT2D eigenvalue weighted by Crippen LogP contribution is -2.24. The van der Waals surface area contributed by atoms with Gasteiger partial charge in [-0.25, -0.2) is 13.4 Å². The smallest absolute Gasteiger partial charge is 0.275 e. The molecule has 1 fully saturated rings. The first-order valence-corrected chi connectivity index (χ1v) is 9.99. The van der Waals surface area contributed by atoms with E-state index < -0.39 is 9.84 Å². The molecule has 9 heteroatoms. The van der Waals surface area contributed by atoms with E-state index in [1.807, 2.05) is 6.92 Å². The Kier molecular flexibility index (Phi) is 3.72. The summed E-state index contributed by atoms with van der Waals surface area (Å²) < 4.78 is 24.2. The van der Waals surface area contributed by atoms with E-state index in [-0.39, 0.29) is 16.7 Å². The van der Waals surface area contributed by atoms with Gasteiger partial charge in [0, 0.05) is 30.0 Å². The van der Waals surface area contributed by atoms with Gasteiger partial charge >= 0.3 is 0 Å². The first-order chi connectivity index (χ1) is 10.3. The first kappa shape index (κ1) is 15.4. The van der Waals surface area contributed by atoms with E-state index in [4.69, 9.17) is 0 Å². The van der Waals surface area contributed by atoms with Crippen LogP contribution in [-0.2, 0) is 16.3 Å². The van der Waals surface area contributed by atoms with Crippen LogP contribution in [0, 0.1) is 5.41 Å². The second-order valence-corrected chi connectivity index (χ2v) is 9.06. The quantitative estimate of drug-likeness (QED) is 0.840. The van der Waals surface area contributed by atoms with Crippen LogP contribution in [-0.4, -0.2) is 41.6 Å². The second kappa shape index (κ2) is 5.31. The number of hydrogen-bond acceptors (Lipinski definition) is 7. The van der Waals surface area contributed by atoms with E-state index in [2.05, 4.69) is 15.4 Å². The molecule has 0 aliphatic heterocycles. The van der Waals surface area contributed by atoms with Gasteiger partial charge in [0.15, 0.2) is 0 Å².